The maximum absolute atomic E-state index is 14.3. The van der Waals surface area contributed by atoms with E-state index in [1.807, 2.05) is 0 Å². The van der Waals surface area contributed by atoms with Crippen molar-refractivity contribution in [2.45, 2.75) is 56.9 Å². The molecule has 178 valence electrons. The lowest BCUT2D eigenvalue weighted by Crippen LogP contribution is -2.50. The Kier molecular flexibility index (Phi) is 7.00. The van der Waals surface area contributed by atoms with Gasteiger partial charge in [-0.3, -0.25) is 0 Å². The van der Waals surface area contributed by atoms with Crippen LogP contribution in [0.1, 0.15) is 33.3 Å². The summed E-state index contributed by atoms with van der Waals surface area (Å²) in [5.74, 6) is 0. The lowest BCUT2D eigenvalue weighted by molar-refractivity contribution is -0.348. The molecule has 0 aliphatic carbocycles. The van der Waals surface area contributed by atoms with Gasteiger partial charge in [0.05, 0.1) is 26.9 Å². The highest BCUT2D eigenvalue weighted by Gasteiger charge is 2.73. The third-order valence-corrected chi connectivity index (χ3v) is 5.89. The Morgan fingerprint density at radius 2 is 1.34 bits per heavy atom. The first-order chi connectivity index (χ1) is 14.3. The second-order valence-corrected chi connectivity index (χ2v) is 8.80. The van der Waals surface area contributed by atoms with Gasteiger partial charge in [0.2, 0.25) is 0 Å². The molecule has 1 saturated heterocycles. The molecule has 2 N–H and O–H groups in total. The number of nitrogens with one attached hydrogen (secondary N) is 2. The molecular weight excluding hydrogens is 491 g/mol. The van der Waals surface area contributed by atoms with Crippen LogP contribution in [0.25, 0.3) is 0 Å². The Bertz CT molecular complexity index is 880. The molecule has 2 rings (SSSR count). The largest absolute Gasteiger partial charge is 0.497 e. The second-order valence-electron chi connectivity index (χ2n) is 7.99. The Hall–Kier alpha value is -1.50. The lowest BCUT2D eigenvalue weighted by Gasteiger charge is -2.32. The van der Waals surface area contributed by atoms with Gasteiger partial charge < -0.3 is 20.0 Å². The normalized spacial score (nSPS) is 19.3. The second kappa shape index (κ2) is 8.37. The van der Waals surface area contributed by atoms with Gasteiger partial charge in [-0.05, 0) is 39.8 Å². The average molecular weight is 509 g/mol. The van der Waals surface area contributed by atoms with Crippen molar-refractivity contribution < 1.29 is 40.0 Å². The molecule has 0 spiro atoms. The Labute approximate surface area is 189 Å². The molecule has 0 saturated carbocycles. The van der Waals surface area contributed by atoms with Gasteiger partial charge in [-0.2, -0.15) is 26.3 Å². The van der Waals surface area contributed by atoms with Crippen molar-refractivity contribution in [2.75, 3.05) is 5.32 Å². The minimum absolute atomic E-state index is 0.116. The quantitative estimate of drug-likeness (QED) is 0.259. The first-order valence-corrected chi connectivity index (χ1v) is 9.68. The molecule has 1 fully saturated rings. The summed E-state index contributed by atoms with van der Waals surface area (Å²) in [7, 11) is -1.00. The van der Waals surface area contributed by atoms with Crippen LogP contribution < -0.4 is 5.32 Å². The van der Waals surface area contributed by atoms with Crippen LogP contribution >= 0.6 is 23.2 Å². The average Bonchev–Trinajstić information content (AvgIpc) is 2.81. The van der Waals surface area contributed by atoms with Crippen LogP contribution in [-0.4, -0.2) is 36.9 Å². The van der Waals surface area contributed by atoms with Crippen LogP contribution in [0, 0.1) is 5.41 Å². The third kappa shape index (κ3) is 4.60. The highest BCUT2D eigenvalue weighted by atomic mass is 35.5. The number of rotatable bonds is 5. The summed E-state index contributed by atoms with van der Waals surface area (Å²) < 4.78 is 104. The number of allylic oxidation sites excluding steroid dienone is 1. The molecule has 4 nitrogen and oxygen atoms in total. The van der Waals surface area contributed by atoms with Crippen LogP contribution in [0.5, 0.6) is 0 Å². The SMILES string of the molecule is CC1(C)OB(/C(C=N)=C/Nc2c(Cl)cc(C(F)(C(F)(F)F)C(F)(F)F)cc2Cl)OC1(C)C. The van der Waals surface area contributed by atoms with E-state index < -0.39 is 52.0 Å². The number of hydrogen-bond donors (Lipinski definition) is 2. The number of halogens is 9. The van der Waals surface area contributed by atoms with E-state index in [0.29, 0.717) is 0 Å². The standard InChI is InChI=1S/C18H18BCl2F7N2O2/c1-14(2)15(3,4)32-19(31-14)10(7-29)8-30-13-11(20)5-9(6-12(13)21)16(22,17(23,24)25)18(26,27)28/h5-8,29-30H,1-4H3/b10-8+,29-7?. The third-order valence-electron chi connectivity index (χ3n) is 5.30. The summed E-state index contributed by atoms with van der Waals surface area (Å²) in [5, 5.41) is 8.63. The molecule has 1 heterocycles. The molecule has 0 bridgehead atoms. The fourth-order valence-corrected chi connectivity index (χ4v) is 3.31. The van der Waals surface area contributed by atoms with Gasteiger partial charge in [0.25, 0.3) is 0 Å². The molecule has 0 aromatic heterocycles. The predicted molar refractivity (Wildman–Crippen MR) is 108 cm³/mol. The molecule has 0 amide bonds. The van der Waals surface area contributed by atoms with Crippen molar-refractivity contribution in [1.82, 2.24) is 0 Å². The van der Waals surface area contributed by atoms with Crippen LogP contribution in [0.3, 0.4) is 0 Å². The monoisotopic (exact) mass is 508 g/mol. The van der Waals surface area contributed by atoms with E-state index in [9.17, 15) is 30.7 Å². The zero-order valence-corrected chi connectivity index (χ0v) is 18.6. The smallest absolute Gasteiger partial charge is 0.399 e. The maximum Gasteiger partial charge on any atom is 0.497 e. The van der Waals surface area contributed by atoms with Crippen molar-refractivity contribution in [1.29, 1.82) is 5.41 Å². The highest BCUT2D eigenvalue weighted by molar-refractivity contribution is 6.60. The first-order valence-electron chi connectivity index (χ1n) is 8.93. The minimum Gasteiger partial charge on any atom is -0.399 e. The van der Waals surface area contributed by atoms with E-state index >= 15 is 0 Å². The Morgan fingerprint density at radius 3 is 1.69 bits per heavy atom. The summed E-state index contributed by atoms with van der Waals surface area (Å²) in [6, 6.07) is 0.368. The lowest BCUT2D eigenvalue weighted by atomic mass is 9.79. The molecule has 0 radical (unpaired) electrons. The van der Waals surface area contributed by atoms with Crippen molar-refractivity contribution in [2.24, 2.45) is 0 Å². The molecule has 1 aliphatic rings. The summed E-state index contributed by atoms with van der Waals surface area (Å²) in [6.45, 7) is 7.05. The number of anilines is 1. The summed E-state index contributed by atoms with van der Waals surface area (Å²) >= 11 is 11.6. The highest BCUT2D eigenvalue weighted by Crippen LogP contribution is 2.54. The molecule has 32 heavy (non-hydrogen) atoms. The summed E-state index contributed by atoms with van der Waals surface area (Å²) in [5.41, 5.74) is -9.16. The zero-order valence-electron chi connectivity index (χ0n) is 17.1. The fourth-order valence-electron chi connectivity index (χ4n) is 2.71. The van der Waals surface area contributed by atoms with Crippen molar-refractivity contribution in [3.63, 3.8) is 0 Å². The van der Waals surface area contributed by atoms with Crippen LogP contribution in [0.2, 0.25) is 10.0 Å². The number of alkyl halides is 7. The van der Waals surface area contributed by atoms with Crippen molar-refractivity contribution in [3.05, 3.63) is 39.4 Å². The van der Waals surface area contributed by atoms with Gasteiger partial charge in [-0.1, -0.05) is 23.2 Å². The van der Waals surface area contributed by atoms with E-state index in [4.69, 9.17) is 37.9 Å². The Balaban J connectivity index is 2.42. The van der Waals surface area contributed by atoms with E-state index in [0.717, 1.165) is 12.4 Å². The molecular formula is C18H18BCl2F7N2O2. The van der Waals surface area contributed by atoms with Crippen LogP contribution in [0.4, 0.5) is 36.4 Å². The van der Waals surface area contributed by atoms with Gasteiger partial charge in [-0.25, -0.2) is 4.39 Å². The summed E-state index contributed by atoms with van der Waals surface area (Å²) in [6.07, 6.45) is -10.6. The van der Waals surface area contributed by atoms with Crippen LogP contribution in [0.15, 0.2) is 23.8 Å². The van der Waals surface area contributed by atoms with E-state index in [-0.39, 0.29) is 23.3 Å². The van der Waals surface area contributed by atoms with Crippen LogP contribution in [-0.2, 0) is 15.0 Å². The van der Waals surface area contributed by atoms with Gasteiger partial charge in [0, 0.05) is 23.5 Å². The van der Waals surface area contributed by atoms with Gasteiger partial charge in [-0.15, -0.1) is 0 Å². The van der Waals surface area contributed by atoms with Crippen molar-refractivity contribution in [3.8, 4) is 0 Å². The topological polar surface area (TPSA) is 54.3 Å². The number of benzene rings is 1. The molecule has 14 heteroatoms. The fraction of sp³-hybridized carbons (Fsp3) is 0.500. The zero-order chi connectivity index (χ0) is 24.9. The number of hydrogen-bond acceptors (Lipinski definition) is 4. The first kappa shape index (κ1) is 26.8. The minimum atomic E-state index is -6.31. The molecule has 0 atom stereocenters. The Morgan fingerprint density at radius 1 is 0.938 bits per heavy atom. The van der Waals surface area contributed by atoms with Gasteiger partial charge in [0.1, 0.15) is 0 Å². The van der Waals surface area contributed by atoms with E-state index in [1.54, 1.807) is 27.7 Å². The predicted octanol–water partition coefficient (Wildman–Crippen LogP) is 6.86. The maximum atomic E-state index is 14.3. The molecule has 0 unspecified atom stereocenters. The molecule has 1 aromatic carbocycles. The van der Waals surface area contributed by atoms with Gasteiger partial charge >= 0.3 is 25.1 Å². The van der Waals surface area contributed by atoms with Crippen molar-refractivity contribution >= 4 is 42.2 Å². The molecule has 1 aliphatic heterocycles. The van der Waals surface area contributed by atoms with Gasteiger partial charge in [0.15, 0.2) is 0 Å². The molecule has 1 aromatic rings. The summed E-state index contributed by atoms with van der Waals surface area (Å²) in [4.78, 5) is 0. The van der Waals surface area contributed by atoms with E-state index in [1.165, 1.54) is 0 Å². The van der Waals surface area contributed by atoms with E-state index in [2.05, 4.69) is 5.32 Å².